The SMILES string of the molecule is CCC1=C(CC)C2(CC)C(c3ccccc3Cl)=C(C(=O)OC)C12CC. The van der Waals surface area contributed by atoms with Gasteiger partial charge in [0.05, 0.1) is 12.7 Å². The Balaban J connectivity index is 2.36. The maximum Gasteiger partial charge on any atom is 0.335 e. The standard InChI is InChI=1S/C22H27ClO2/c1-6-15-16(7-2)22(9-4)19(20(24)25-5)18(21(15,22)8-3)14-12-10-11-13-17(14)23/h10-13H,6-9H2,1-5H3. The van der Waals surface area contributed by atoms with Gasteiger partial charge in [-0.3, -0.25) is 0 Å². The largest absolute Gasteiger partial charge is 0.466 e. The predicted molar refractivity (Wildman–Crippen MR) is 103 cm³/mol. The van der Waals surface area contributed by atoms with E-state index in [0.717, 1.165) is 42.4 Å². The Labute approximate surface area is 155 Å². The Kier molecular flexibility index (Phi) is 4.61. The molecule has 0 amide bonds. The average Bonchev–Trinajstić information content (AvgIpc) is 2.62. The highest BCUT2D eigenvalue weighted by Gasteiger charge is 2.73. The van der Waals surface area contributed by atoms with Crippen molar-refractivity contribution in [2.24, 2.45) is 10.8 Å². The summed E-state index contributed by atoms with van der Waals surface area (Å²) < 4.78 is 5.21. The number of benzene rings is 1. The molecule has 2 aliphatic rings. The number of hydrogen-bond acceptors (Lipinski definition) is 2. The monoisotopic (exact) mass is 358 g/mol. The normalized spacial score (nSPS) is 27.6. The molecule has 2 unspecified atom stereocenters. The molecule has 25 heavy (non-hydrogen) atoms. The second kappa shape index (κ2) is 6.32. The van der Waals surface area contributed by atoms with Crippen molar-refractivity contribution >= 4 is 23.1 Å². The van der Waals surface area contributed by atoms with E-state index in [1.54, 1.807) is 0 Å². The zero-order valence-corrected chi connectivity index (χ0v) is 16.6. The molecular formula is C22H27ClO2. The molecule has 0 N–H and O–H groups in total. The van der Waals surface area contributed by atoms with Crippen molar-refractivity contribution in [2.75, 3.05) is 7.11 Å². The molecule has 0 saturated carbocycles. The Morgan fingerprint density at radius 1 is 1.00 bits per heavy atom. The molecule has 0 spiro atoms. The third-order valence-electron chi connectivity index (χ3n) is 6.53. The van der Waals surface area contributed by atoms with Crippen LogP contribution in [0.15, 0.2) is 41.0 Å². The van der Waals surface area contributed by atoms with Gasteiger partial charge in [-0.1, -0.05) is 68.6 Å². The number of methoxy groups -OCH3 is 1. The van der Waals surface area contributed by atoms with Crippen LogP contribution >= 0.6 is 11.6 Å². The Morgan fingerprint density at radius 3 is 2.04 bits per heavy atom. The molecule has 0 aromatic heterocycles. The quantitative estimate of drug-likeness (QED) is 0.446. The minimum absolute atomic E-state index is 0.0731. The molecule has 0 bridgehead atoms. The van der Waals surface area contributed by atoms with E-state index in [9.17, 15) is 4.79 Å². The van der Waals surface area contributed by atoms with Crippen molar-refractivity contribution in [2.45, 2.75) is 53.4 Å². The van der Waals surface area contributed by atoms with Crippen molar-refractivity contribution in [3.8, 4) is 0 Å². The number of fused-ring (bicyclic) bond motifs is 1. The van der Waals surface area contributed by atoms with Crippen LogP contribution in [0.25, 0.3) is 5.57 Å². The van der Waals surface area contributed by atoms with Gasteiger partial charge in [-0.25, -0.2) is 4.79 Å². The van der Waals surface area contributed by atoms with Gasteiger partial charge in [0.25, 0.3) is 0 Å². The van der Waals surface area contributed by atoms with E-state index in [4.69, 9.17) is 16.3 Å². The minimum Gasteiger partial charge on any atom is -0.466 e. The van der Waals surface area contributed by atoms with Crippen molar-refractivity contribution < 1.29 is 9.53 Å². The van der Waals surface area contributed by atoms with Crippen LogP contribution in [0.5, 0.6) is 0 Å². The Bertz CT molecular complexity index is 789. The zero-order valence-electron chi connectivity index (χ0n) is 15.8. The van der Waals surface area contributed by atoms with Crippen LogP contribution in [0.1, 0.15) is 58.9 Å². The first-order chi connectivity index (χ1) is 12.0. The van der Waals surface area contributed by atoms with E-state index in [1.165, 1.54) is 18.3 Å². The van der Waals surface area contributed by atoms with Crippen LogP contribution in [-0.4, -0.2) is 13.1 Å². The molecule has 3 rings (SSSR count). The lowest BCUT2D eigenvalue weighted by Gasteiger charge is -2.71. The second-order valence-corrected chi connectivity index (χ2v) is 7.31. The van der Waals surface area contributed by atoms with Gasteiger partial charge in [-0.2, -0.15) is 0 Å². The van der Waals surface area contributed by atoms with Crippen LogP contribution < -0.4 is 0 Å². The van der Waals surface area contributed by atoms with Crippen molar-refractivity contribution in [3.63, 3.8) is 0 Å². The number of rotatable bonds is 6. The summed E-state index contributed by atoms with van der Waals surface area (Å²) >= 11 is 6.55. The fourth-order valence-electron chi connectivity index (χ4n) is 5.88. The van der Waals surface area contributed by atoms with Crippen LogP contribution in [-0.2, 0) is 9.53 Å². The fraction of sp³-hybridized carbons (Fsp3) is 0.500. The zero-order chi connectivity index (χ0) is 18.4. The second-order valence-electron chi connectivity index (χ2n) is 6.90. The molecule has 134 valence electrons. The number of carbonyl (C=O) groups excluding carboxylic acids is 1. The van der Waals surface area contributed by atoms with Gasteiger partial charge in [-0.05, 0) is 42.9 Å². The molecule has 0 saturated heterocycles. The third-order valence-corrected chi connectivity index (χ3v) is 6.86. The molecule has 1 aromatic carbocycles. The van der Waals surface area contributed by atoms with Gasteiger partial charge >= 0.3 is 5.97 Å². The van der Waals surface area contributed by atoms with Gasteiger partial charge in [0.15, 0.2) is 0 Å². The van der Waals surface area contributed by atoms with E-state index in [0.29, 0.717) is 5.02 Å². The number of ether oxygens (including phenoxy) is 1. The number of esters is 1. The lowest BCUT2D eigenvalue weighted by Crippen LogP contribution is -2.63. The first-order valence-electron chi connectivity index (χ1n) is 9.33. The summed E-state index contributed by atoms with van der Waals surface area (Å²) in [7, 11) is 1.48. The van der Waals surface area contributed by atoms with E-state index in [2.05, 4.69) is 27.7 Å². The van der Waals surface area contributed by atoms with E-state index < -0.39 is 0 Å². The van der Waals surface area contributed by atoms with Gasteiger partial charge in [0, 0.05) is 15.9 Å². The van der Waals surface area contributed by atoms with E-state index in [1.807, 2.05) is 24.3 Å². The third kappa shape index (κ3) is 1.89. The molecular weight excluding hydrogens is 332 g/mol. The summed E-state index contributed by atoms with van der Waals surface area (Å²) in [5.41, 5.74) is 5.61. The fourth-order valence-corrected chi connectivity index (χ4v) is 6.11. The average molecular weight is 359 g/mol. The van der Waals surface area contributed by atoms with Gasteiger partial charge in [0.2, 0.25) is 0 Å². The molecule has 2 aliphatic carbocycles. The smallest absolute Gasteiger partial charge is 0.335 e. The summed E-state index contributed by atoms with van der Waals surface area (Å²) in [6.07, 6.45) is 3.90. The van der Waals surface area contributed by atoms with Crippen molar-refractivity contribution in [3.05, 3.63) is 51.6 Å². The molecule has 0 aliphatic heterocycles. The van der Waals surface area contributed by atoms with Crippen LogP contribution in [0.2, 0.25) is 5.02 Å². The number of allylic oxidation sites excluding steroid dienone is 3. The molecule has 3 heteroatoms. The van der Waals surface area contributed by atoms with Gasteiger partial charge < -0.3 is 4.74 Å². The summed E-state index contributed by atoms with van der Waals surface area (Å²) in [6.45, 7) is 8.85. The van der Waals surface area contributed by atoms with E-state index in [-0.39, 0.29) is 16.8 Å². The Morgan fingerprint density at radius 2 is 1.56 bits per heavy atom. The van der Waals surface area contributed by atoms with Gasteiger partial charge in [-0.15, -0.1) is 0 Å². The molecule has 2 atom stereocenters. The van der Waals surface area contributed by atoms with Crippen molar-refractivity contribution in [1.82, 2.24) is 0 Å². The van der Waals surface area contributed by atoms with Crippen LogP contribution in [0.4, 0.5) is 0 Å². The minimum atomic E-state index is -0.207. The summed E-state index contributed by atoms with van der Waals surface area (Å²) in [4.78, 5) is 12.8. The summed E-state index contributed by atoms with van der Waals surface area (Å²) in [5, 5.41) is 0.705. The van der Waals surface area contributed by atoms with Crippen molar-refractivity contribution in [1.29, 1.82) is 0 Å². The van der Waals surface area contributed by atoms with Gasteiger partial charge in [0.1, 0.15) is 0 Å². The predicted octanol–water partition coefficient (Wildman–Crippen LogP) is 6.20. The molecule has 0 radical (unpaired) electrons. The van der Waals surface area contributed by atoms with Crippen LogP contribution in [0, 0.1) is 10.8 Å². The van der Waals surface area contributed by atoms with E-state index >= 15 is 0 Å². The Hall–Kier alpha value is -1.54. The number of hydrogen-bond donors (Lipinski definition) is 0. The summed E-state index contributed by atoms with van der Waals surface area (Å²) in [5.74, 6) is -0.207. The highest BCUT2D eigenvalue weighted by Crippen LogP contribution is 2.81. The lowest BCUT2D eigenvalue weighted by molar-refractivity contribution is -0.139. The summed E-state index contributed by atoms with van der Waals surface area (Å²) in [6, 6.07) is 7.87. The molecule has 2 nitrogen and oxygen atoms in total. The highest BCUT2D eigenvalue weighted by atomic mass is 35.5. The topological polar surface area (TPSA) is 26.3 Å². The lowest BCUT2D eigenvalue weighted by atomic mass is 9.31. The molecule has 1 aromatic rings. The number of halogens is 1. The number of carbonyl (C=O) groups is 1. The highest BCUT2D eigenvalue weighted by molar-refractivity contribution is 6.33. The molecule has 0 heterocycles. The maximum absolute atomic E-state index is 12.8. The first kappa shape index (κ1) is 18.3. The maximum atomic E-state index is 12.8. The first-order valence-corrected chi connectivity index (χ1v) is 9.70. The molecule has 0 fully saturated rings. The van der Waals surface area contributed by atoms with Crippen LogP contribution in [0.3, 0.4) is 0 Å².